The maximum absolute atomic E-state index is 13.6. The molecule has 0 unspecified atom stereocenters. The lowest BCUT2D eigenvalue weighted by molar-refractivity contribution is 0.101. The first kappa shape index (κ1) is 14.4. The van der Waals surface area contributed by atoms with Crippen molar-refractivity contribution < 1.29 is 14.0 Å². The number of halogens is 2. The fraction of sp³-hybridized carbons (Fsp3) is 0.0667. The average Bonchev–Trinajstić information content (AvgIpc) is 2.42. The first-order valence-electron chi connectivity index (χ1n) is 5.85. The molecular weight excluding hydrogens is 325 g/mol. The van der Waals surface area contributed by atoms with Gasteiger partial charge in [-0.05, 0) is 49.4 Å². The molecule has 2 rings (SSSR count). The van der Waals surface area contributed by atoms with Crippen LogP contribution in [0.4, 0.5) is 10.1 Å². The number of carbonyl (C=O) groups is 2. The van der Waals surface area contributed by atoms with Gasteiger partial charge in [-0.2, -0.15) is 0 Å². The molecule has 0 heterocycles. The third-order valence-corrected chi connectivity index (χ3v) is 3.22. The number of carbonyl (C=O) groups excluding carboxylic acids is 2. The molecule has 0 aromatic heterocycles. The van der Waals surface area contributed by atoms with Gasteiger partial charge in [0.1, 0.15) is 5.82 Å². The zero-order chi connectivity index (χ0) is 14.7. The van der Waals surface area contributed by atoms with E-state index in [1.54, 1.807) is 24.3 Å². The van der Waals surface area contributed by atoms with Crippen LogP contribution in [0.15, 0.2) is 46.9 Å². The van der Waals surface area contributed by atoms with Crippen LogP contribution in [0.3, 0.4) is 0 Å². The summed E-state index contributed by atoms with van der Waals surface area (Å²) in [5, 5.41) is 2.58. The van der Waals surface area contributed by atoms with E-state index in [1.165, 1.54) is 25.1 Å². The number of benzene rings is 2. The molecule has 0 spiro atoms. The molecule has 3 nitrogen and oxygen atoms in total. The van der Waals surface area contributed by atoms with Crippen LogP contribution in [-0.4, -0.2) is 11.7 Å². The second kappa shape index (κ2) is 5.96. The van der Waals surface area contributed by atoms with Crippen LogP contribution < -0.4 is 5.32 Å². The van der Waals surface area contributed by atoms with E-state index in [9.17, 15) is 14.0 Å². The van der Waals surface area contributed by atoms with Crippen molar-refractivity contribution >= 4 is 33.3 Å². The maximum atomic E-state index is 13.6. The molecule has 5 heteroatoms. The van der Waals surface area contributed by atoms with Gasteiger partial charge in [-0.25, -0.2) is 4.39 Å². The Morgan fingerprint density at radius 1 is 1.10 bits per heavy atom. The third kappa shape index (κ3) is 3.30. The summed E-state index contributed by atoms with van der Waals surface area (Å²) in [5.41, 5.74) is 1.01. The minimum absolute atomic E-state index is 0.0463. The minimum Gasteiger partial charge on any atom is -0.322 e. The van der Waals surface area contributed by atoms with Crippen LogP contribution in [0.2, 0.25) is 0 Å². The van der Waals surface area contributed by atoms with Gasteiger partial charge < -0.3 is 5.32 Å². The van der Waals surface area contributed by atoms with Crippen LogP contribution in [0.1, 0.15) is 27.6 Å². The summed E-state index contributed by atoms with van der Waals surface area (Å²) in [6.45, 7) is 1.46. The van der Waals surface area contributed by atoms with Crippen LogP contribution in [0.25, 0.3) is 0 Å². The highest BCUT2D eigenvalue weighted by atomic mass is 79.9. The lowest BCUT2D eigenvalue weighted by atomic mass is 10.1. The van der Waals surface area contributed by atoms with Crippen molar-refractivity contribution in [3.05, 3.63) is 63.9 Å². The topological polar surface area (TPSA) is 46.2 Å². The largest absolute Gasteiger partial charge is 0.322 e. The Balaban J connectivity index is 2.19. The molecule has 0 aliphatic heterocycles. The van der Waals surface area contributed by atoms with Crippen molar-refractivity contribution in [3.63, 3.8) is 0 Å². The Hall–Kier alpha value is -2.01. The zero-order valence-electron chi connectivity index (χ0n) is 10.6. The van der Waals surface area contributed by atoms with Crippen LogP contribution in [0.5, 0.6) is 0 Å². The van der Waals surface area contributed by atoms with Crippen molar-refractivity contribution in [2.45, 2.75) is 6.92 Å². The van der Waals surface area contributed by atoms with Crippen molar-refractivity contribution in [3.8, 4) is 0 Å². The van der Waals surface area contributed by atoms with E-state index in [1.807, 2.05) is 0 Å². The van der Waals surface area contributed by atoms with Gasteiger partial charge in [-0.1, -0.05) is 15.9 Å². The van der Waals surface area contributed by atoms with Gasteiger partial charge in [0, 0.05) is 15.7 Å². The standard InChI is InChI=1S/C15H11BrFNO2/c1-9(19)10-2-5-12(6-3-10)18-15(20)13-8-11(16)4-7-14(13)17/h2-8H,1H3,(H,18,20). The van der Waals surface area contributed by atoms with Crippen molar-refractivity contribution in [1.29, 1.82) is 0 Å². The lowest BCUT2D eigenvalue weighted by Crippen LogP contribution is -2.13. The molecule has 20 heavy (non-hydrogen) atoms. The summed E-state index contributed by atoms with van der Waals surface area (Å²) in [4.78, 5) is 23.1. The Bertz CT molecular complexity index is 668. The smallest absolute Gasteiger partial charge is 0.258 e. The predicted molar refractivity (Wildman–Crippen MR) is 78.5 cm³/mol. The molecule has 1 amide bonds. The predicted octanol–water partition coefficient (Wildman–Crippen LogP) is 4.04. The van der Waals surface area contributed by atoms with Crippen molar-refractivity contribution in [2.75, 3.05) is 5.32 Å². The van der Waals surface area contributed by atoms with E-state index >= 15 is 0 Å². The lowest BCUT2D eigenvalue weighted by Gasteiger charge is -2.07. The van der Waals surface area contributed by atoms with E-state index in [2.05, 4.69) is 21.2 Å². The second-order valence-electron chi connectivity index (χ2n) is 4.21. The Morgan fingerprint density at radius 3 is 2.35 bits per heavy atom. The molecule has 0 bridgehead atoms. The molecule has 0 aliphatic rings. The van der Waals surface area contributed by atoms with Crippen LogP contribution >= 0.6 is 15.9 Å². The summed E-state index contributed by atoms with van der Waals surface area (Å²) >= 11 is 3.19. The van der Waals surface area contributed by atoms with Crippen LogP contribution in [0, 0.1) is 5.82 Å². The monoisotopic (exact) mass is 335 g/mol. The second-order valence-corrected chi connectivity index (χ2v) is 5.13. The Morgan fingerprint density at radius 2 is 1.75 bits per heavy atom. The molecule has 1 N–H and O–H groups in total. The number of ketones is 1. The zero-order valence-corrected chi connectivity index (χ0v) is 12.2. The summed E-state index contributed by atoms with van der Waals surface area (Å²) in [5.74, 6) is -1.19. The molecule has 0 radical (unpaired) electrons. The number of rotatable bonds is 3. The number of amides is 1. The maximum Gasteiger partial charge on any atom is 0.258 e. The van der Waals surface area contributed by atoms with Gasteiger partial charge in [0.2, 0.25) is 0 Å². The molecule has 0 fully saturated rings. The van der Waals surface area contributed by atoms with Crippen molar-refractivity contribution in [2.24, 2.45) is 0 Å². The van der Waals surface area contributed by atoms with Gasteiger partial charge in [0.15, 0.2) is 5.78 Å². The van der Waals surface area contributed by atoms with E-state index in [0.29, 0.717) is 15.7 Å². The molecule has 0 saturated heterocycles. The summed E-state index contributed by atoms with van der Waals surface area (Å²) < 4.78 is 14.2. The number of nitrogens with one attached hydrogen (secondary N) is 1. The summed E-state index contributed by atoms with van der Waals surface area (Å²) in [6.07, 6.45) is 0. The number of hydrogen-bond donors (Lipinski definition) is 1. The van der Waals surface area contributed by atoms with E-state index in [-0.39, 0.29) is 11.3 Å². The van der Waals surface area contributed by atoms with Crippen molar-refractivity contribution in [1.82, 2.24) is 0 Å². The average molecular weight is 336 g/mol. The first-order chi connectivity index (χ1) is 9.47. The highest BCUT2D eigenvalue weighted by molar-refractivity contribution is 9.10. The first-order valence-corrected chi connectivity index (χ1v) is 6.64. The molecule has 0 saturated carbocycles. The number of hydrogen-bond acceptors (Lipinski definition) is 2. The Labute approximate surface area is 123 Å². The molecule has 0 atom stereocenters. The van der Waals surface area contributed by atoms with E-state index in [0.717, 1.165) is 0 Å². The molecule has 0 aliphatic carbocycles. The quantitative estimate of drug-likeness (QED) is 0.860. The van der Waals surface area contributed by atoms with Gasteiger partial charge in [-0.15, -0.1) is 0 Å². The molecule has 2 aromatic rings. The molecule has 2 aromatic carbocycles. The fourth-order valence-corrected chi connectivity index (χ4v) is 2.02. The summed E-state index contributed by atoms with van der Waals surface area (Å²) in [6, 6.07) is 10.6. The van der Waals surface area contributed by atoms with Crippen LogP contribution in [-0.2, 0) is 0 Å². The van der Waals surface area contributed by atoms with Gasteiger partial charge >= 0.3 is 0 Å². The van der Waals surface area contributed by atoms with E-state index in [4.69, 9.17) is 0 Å². The fourth-order valence-electron chi connectivity index (χ4n) is 1.66. The SMILES string of the molecule is CC(=O)c1ccc(NC(=O)c2cc(Br)ccc2F)cc1. The highest BCUT2D eigenvalue weighted by Crippen LogP contribution is 2.17. The summed E-state index contributed by atoms with van der Waals surface area (Å²) in [7, 11) is 0. The van der Waals surface area contributed by atoms with Gasteiger partial charge in [0.05, 0.1) is 5.56 Å². The molecule has 102 valence electrons. The molecular formula is C15H11BrFNO2. The number of anilines is 1. The van der Waals surface area contributed by atoms with Gasteiger partial charge in [0.25, 0.3) is 5.91 Å². The van der Waals surface area contributed by atoms with Gasteiger partial charge in [-0.3, -0.25) is 9.59 Å². The number of Topliss-reactive ketones (excluding diaryl/α,β-unsaturated/α-hetero) is 1. The van der Waals surface area contributed by atoms with E-state index < -0.39 is 11.7 Å². The minimum atomic E-state index is -0.592. The third-order valence-electron chi connectivity index (χ3n) is 2.72. The normalized spacial score (nSPS) is 10.2. The highest BCUT2D eigenvalue weighted by Gasteiger charge is 2.12. The Kier molecular flexibility index (Phi) is 4.29.